The first-order valence-corrected chi connectivity index (χ1v) is 5.89. The zero-order valence-corrected chi connectivity index (χ0v) is 10.8. The first-order valence-electron chi connectivity index (χ1n) is 5.89. The number of nitrogens with zero attached hydrogens (tertiary/aromatic N) is 1. The van der Waals surface area contributed by atoms with Crippen molar-refractivity contribution >= 4 is 11.6 Å². The normalized spacial score (nSPS) is 10.1. The van der Waals surface area contributed by atoms with Crippen molar-refractivity contribution in [1.29, 1.82) is 0 Å². The Balaban J connectivity index is 2.13. The summed E-state index contributed by atoms with van der Waals surface area (Å²) in [6, 6.07) is 9.01. The minimum absolute atomic E-state index is 0.269. The number of pyridine rings is 1. The largest absolute Gasteiger partial charge is 0.495 e. The number of benzene rings is 1. The van der Waals surface area contributed by atoms with E-state index in [-0.39, 0.29) is 6.54 Å². The molecule has 1 N–H and O–H groups in total. The van der Waals surface area contributed by atoms with Crippen molar-refractivity contribution in [1.82, 2.24) is 4.57 Å². The summed E-state index contributed by atoms with van der Waals surface area (Å²) in [5.74, 6) is -0.510. The predicted molar refractivity (Wildman–Crippen MR) is 72.3 cm³/mol. The maximum Gasteiger partial charge on any atom is 0.251 e. The summed E-state index contributed by atoms with van der Waals surface area (Å²) in [5, 5.41) is 2.61. The maximum absolute atomic E-state index is 13.0. The Morgan fingerprint density at radius 2 is 2.05 bits per heavy atom. The van der Waals surface area contributed by atoms with Crippen molar-refractivity contribution in [3.05, 3.63) is 58.8 Å². The van der Waals surface area contributed by atoms with Crippen molar-refractivity contribution in [3.63, 3.8) is 0 Å². The summed E-state index contributed by atoms with van der Waals surface area (Å²) in [5.41, 5.74) is 0.0472. The lowest BCUT2D eigenvalue weighted by atomic mass is 10.3. The molecule has 0 aliphatic rings. The maximum atomic E-state index is 13.0. The van der Waals surface area contributed by atoms with Crippen molar-refractivity contribution < 1.29 is 13.9 Å². The summed E-state index contributed by atoms with van der Waals surface area (Å²) < 4.78 is 19.1. The number of para-hydroxylation sites is 2. The van der Waals surface area contributed by atoms with Gasteiger partial charge in [0.1, 0.15) is 18.1 Å². The van der Waals surface area contributed by atoms with Crippen LogP contribution >= 0.6 is 0 Å². The van der Waals surface area contributed by atoms with Gasteiger partial charge in [0.15, 0.2) is 0 Å². The monoisotopic (exact) mass is 276 g/mol. The van der Waals surface area contributed by atoms with Crippen LogP contribution in [0.25, 0.3) is 0 Å². The third kappa shape index (κ3) is 3.23. The van der Waals surface area contributed by atoms with Gasteiger partial charge in [-0.15, -0.1) is 0 Å². The van der Waals surface area contributed by atoms with Crippen LogP contribution < -0.4 is 15.6 Å². The number of nitrogens with one attached hydrogen (secondary N) is 1. The van der Waals surface area contributed by atoms with Crippen molar-refractivity contribution in [2.45, 2.75) is 6.54 Å². The summed E-state index contributed by atoms with van der Waals surface area (Å²) in [6.07, 6.45) is 0.990. The Hall–Kier alpha value is -2.63. The van der Waals surface area contributed by atoms with Crippen molar-refractivity contribution in [2.75, 3.05) is 12.4 Å². The van der Waals surface area contributed by atoms with Gasteiger partial charge in [-0.25, -0.2) is 4.39 Å². The van der Waals surface area contributed by atoms with Crippen LogP contribution in [0.5, 0.6) is 5.75 Å². The third-order valence-electron chi connectivity index (χ3n) is 2.64. The second-order valence-electron chi connectivity index (χ2n) is 4.06. The molecular weight excluding hydrogens is 263 g/mol. The Morgan fingerprint density at radius 3 is 2.80 bits per heavy atom. The molecule has 0 atom stereocenters. The van der Waals surface area contributed by atoms with Crippen LogP contribution in [-0.4, -0.2) is 17.6 Å². The molecule has 0 unspecified atom stereocenters. The van der Waals surface area contributed by atoms with E-state index >= 15 is 0 Å². The number of methoxy groups -OCH3 is 1. The number of carbonyl (C=O) groups excluding carboxylic acids is 1. The minimum atomic E-state index is -0.574. The van der Waals surface area contributed by atoms with Crippen LogP contribution in [0, 0.1) is 5.82 Å². The van der Waals surface area contributed by atoms with Crippen LogP contribution in [0.2, 0.25) is 0 Å². The lowest BCUT2D eigenvalue weighted by Gasteiger charge is -2.10. The van der Waals surface area contributed by atoms with Gasteiger partial charge in [-0.1, -0.05) is 12.1 Å². The fourth-order valence-electron chi connectivity index (χ4n) is 1.72. The van der Waals surface area contributed by atoms with Crippen LogP contribution in [0.3, 0.4) is 0 Å². The first-order chi connectivity index (χ1) is 9.60. The van der Waals surface area contributed by atoms with E-state index in [1.54, 1.807) is 24.3 Å². The molecule has 2 rings (SSSR count). The van der Waals surface area contributed by atoms with Gasteiger partial charge in [-0.2, -0.15) is 0 Å². The molecule has 0 saturated carbocycles. The molecule has 20 heavy (non-hydrogen) atoms. The zero-order valence-electron chi connectivity index (χ0n) is 10.8. The molecule has 5 nitrogen and oxygen atoms in total. The highest BCUT2D eigenvalue weighted by Crippen LogP contribution is 2.22. The molecule has 1 amide bonds. The van der Waals surface area contributed by atoms with E-state index in [0.717, 1.165) is 22.9 Å². The number of hydrogen-bond acceptors (Lipinski definition) is 3. The van der Waals surface area contributed by atoms with Gasteiger partial charge in [0.25, 0.3) is 5.56 Å². The molecule has 0 bridgehead atoms. The standard InChI is InChI=1S/C14H13FN2O3/c1-20-12-5-3-2-4-11(12)16-13(18)9-17-8-10(15)6-7-14(17)19/h2-8H,9H2,1H3,(H,16,18). The number of anilines is 1. The number of amides is 1. The molecule has 104 valence electrons. The number of ether oxygens (including phenoxy) is 1. The number of carbonyl (C=O) groups is 1. The molecule has 0 saturated heterocycles. The molecule has 0 spiro atoms. The topological polar surface area (TPSA) is 60.3 Å². The lowest BCUT2D eigenvalue weighted by molar-refractivity contribution is -0.116. The number of aromatic nitrogens is 1. The molecule has 1 aromatic carbocycles. The van der Waals surface area contributed by atoms with E-state index in [0.29, 0.717) is 11.4 Å². The molecule has 0 aliphatic heterocycles. The second kappa shape index (κ2) is 6.01. The van der Waals surface area contributed by atoms with Gasteiger partial charge in [0.05, 0.1) is 12.8 Å². The molecule has 1 aromatic heterocycles. The average Bonchev–Trinajstić information content (AvgIpc) is 2.43. The second-order valence-corrected chi connectivity index (χ2v) is 4.06. The Bertz CT molecular complexity index is 682. The van der Waals surface area contributed by atoms with Crippen molar-refractivity contribution in [3.8, 4) is 5.75 Å². The zero-order chi connectivity index (χ0) is 14.5. The van der Waals surface area contributed by atoms with E-state index in [9.17, 15) is 14.0 Å². The van der Waals surface area contributed by atoms with Crippen LogP contribution in [0.4, 0.5) is 10.1 Å². The highest BCUT2D eigenvalue weighted by atomic mass is 19.1. The third-order valence-corrected chi connectivity index (χ3v) is 2.64. The van der Waals surface area contributed by atoms with Gasteiger partial charge in [-0.05, 0) is 18.2 Å². The van der Waals surface area contributed by atoms with Crippen LogP contribution in [-0.2, 0) is 11.3 Å². The smallest absolute Gasteiger partial charge is 0.251 e. The SMILES string of the molecule is COc1ccccc1NC(=O)Cn1cc(F)ccc1=O. The molecule has 0 radical (unpaired) electrons. The number of halogens is 1. The van der Waals surface area contributed by atoms with Crippen LogP contribution in [0.1, 0.15) is 0 Å². The molecule has 6 heteroatoms. The van der Waals surface area contributed by atoms with Crippen LogP contribution in [0.15, 0.2) is 47.4 Å². The average molecular weight is 276 g/mol. The van der Waals surface area contributed by atoms with Gasteiger partial charge in [0, 0.05) is 12.3 Å². The van der Waals surface area contributed by atoms with Gasteiger partial charge in [0.2, 0.25) is 5.91 Å². The van der Waals surface area contributed by atoms with Gasteiger partial charge in [-0.3, -0.25) is 9.59 Å². The molecule has 0 fully saturated rings. The minimum Gasteiger partial charge on any atom is -0.495 e. The van der Waals surface area contributed by atoms with E-state index in [1.807, 2.05) is 0 Å². The fourth-order valence-corrected chi connectivity index (χ4v) is 1.72. The van der Waals surface area contributed by atoms with Crippen molar-refractivity contribution in [2.24, 2.45) is 0 Å². The Morgan fingerprint density at radius 1 is 1.30 bits per heavy atom. The lowest BCUT2D eigenvalue weighted by Crippen LogP contribution is -2.27. The highest BCUT2D eigenvalue weighted by Gasteiger charge is 2.08. The summed E-state index contributed by atoms with van der Waals surface area (Å²) in [7, 11) is 1.49. The highest BCUT2D eigenvalue weighted by molar-refractivity contribution is 5.92. The summed E-state index contributed by atoms with van der Waals surface area (Å²) in [6.45, 7) is -0.269. The van der Waals surface area contributed by atoms with Gasteiger partial charge >= 0.3 is 0 Å². The van der Waals surface area contributed by atoms with E-state index in [1.165, 1.54) is 7.11 Å². The number of hydrogen-bond donors (Lipinski definition) is 1. The summed E-state index contributed by atoms with van der Waals surface area (Å²) >= 11 is 0. The molecule has 2 aromatic rings. The molecule has 0 aliphatic carbocycles. The van der Waals surface area contributed by atoms with E-state index in [4.69, 9.17) is 4.74 Å². The predicted octanol–water partition coefficient (Wildman–Crippen LogP) is 1.63. The molecular formula is C14H13FN2O3. The first kappa shape index (κ1) is 13.8. The Kier molecular flexibility index (Phi) is 4.14. The fraction of sp³-hybridized carbons (Fsp3) is 0.143. The van der Waals surface area contributed by atoms with E-state index < -0.39 is 17.3 Å². The van der Waals surface area contributed by atoms with E-state index in [2.05, 4.69) is 5.32 Å². The van der Waals surface area contributed by atoms with Gasteiger partial charge < -0.3 is 14.6 Å². The molecule has 1 heterocycles. The Labute approximate surface area is 114 Å². The quantitative estimate of drug-likeness (QED) is 0.923. The number of rotatable bonds is 4. The summed E-state index contributed by atoms with van der Waals surface area (Å²) in [4.78, 5) is 23.3.